The van der Waals surface area contributed by atoms with Crippen LogP contribution in [0.5, 0.6) is 0 Å². The van der Waals surface area contributed by atoms with Gasteiger partial charge in [0.25, 0.3) is 0 Å². The molecule has 2 aromatic rings. The van der Waals surface area contributed by atoms with Crippen LogP contribution in [0.3, 0.4) is 0 Å². The number of aromatic nitrogens is 2. The van der Waals surface area contributed by atoms with Crippen LogP contribution in [0.15, 0.2) is 30.3 Å². The molecule has 0 spiro atoms. The van der Waals surface area contributed by atoms with Gasteiger partial charge in [0, 0.05) is 24.7 Å². The van der Waals surface area contributed by atoms with Crippen molar-refractivity contribution in [2.45, 2.75) is 33.1 Å². The van der Waals surface area contributed by atoms with Crippen molar-refractivity contribution in [3.63, 3.8) is 0 Å². The summed E-state index contributed by atoms with van der Waals surface area (Å²) in [6.07, 6.45) is 2.81. The number of aryl methyl sites for hydroxylation is 3. The van der Waals surface area contributed by atoms with Crippen LogP contribution in [0.2, 0.25) is 0 Å². The highest BCUT2D eigenvalue weighted by molar-refractivity contribution is 5.45. The highest BCUT2D eigenvalue weighted by Gasteiger charge is 2.08. The Labute approximate surface area is 115 Å². The van der Waals surface area contributed by atoms with Crippen LogP contribution in [-0.4, -0.2) is 17.0 Å². The maximum absolute atomic E-state index is 4.66. The van der Waals surface area contributed by atoms with Crippen LogP contribution >= 0.6 is 0 Å². The molecule has 0 saturated carbocycles. The van der Waals surface area contributed by atoms with E-state index in [0.29, 0.717) is 0 Å². The summed E-state index contributed by atoms with van der Waals surface area (Å²) in [7, 11) is 1.91. The van der Waals surface area contributed by atoms with Gasteiger partial charge in [-0.25, -0.2) is 9.97 Å². The minimum atomic E-state index is 0.881. The lowest BCUT2D eigenvalue weighted by Crippen LogP contribution is -2.08. The van der Waals surface area contributed by atoms with E-state index in [9.17, 15) is 0 Å². The summed E-state index contributed by atoms with van der Waals surface area (Å²) in [5.41, 5.74) is 3.63. The fourth-order valence-electron chi connectivity index (χ4n) is 2.21. The van der Waals surface area contributed by atoms with Crippen LogP contribution in [0.1, 0.15) is 29.6 Å². The summed E-state index contributed by atoms with van der Waals surface area (Å²) in [5, 5.41) is 3.16. The summed E-state index contributed by atoms with van der Waals surface area (Å²) >= 11 is 0. The predicted molar refractivity (Wildman–Crippen MR) is 79.5 cm³/mol. The molecule has 0 saturated heterocycles. The number of anilines is 1. The lowest BCUT2D eigenvalue weighted by atomic mass is 10.1. The molecule has 1 N–H and O–H groups in total. The molecule has 0 aliphatic heterocycles. The quantitative estimate of drug-likeness (QED) is 0.891. The van der Waals surface area contributed by atoms with Crippen molar-refractivity contribution in [1.29, 1.82) is 0 Å². The molecule has 0 unspecified atom stereocenters. The van der Waals surface area contributed by atoms with Gasteiger partial charge in [0.05, 0.1) is 0 Å². The second-order valence-electron chi connectivity index (χ2n) is 4.65. The second kappa shape index (κ2) is 6.32. The number of benzene rings is 1. The topological polar surface area (TPSA) is 37.8 Å². The molecule has 0 atom stereocenters. The zero-order chi connectivity index (χ0) is 13.7. The van der Waals surface area contributed by atoms with Crippen molar-refractivity contribution in [3.05, 3.63) is 53.0 Å². The highest BCUT2D eigenvalue weighted by Crippen LogP contribution is 2.16. The zero-order valence-electron chi connectivity index (χ0n) is 11.9. The number of hydrogen-bond donors (Lipinski definition) is 1. The first kappa shape index (κ1) is 13.5. The minimum absolute atomic E-state index is 0.881. The van der Waals surface area contributed by atoms with E-state index < -0.39 is 0 Å². The molecule has 0 aliphatic rings. The average molecular weight is 255 g/mol. The molecule has 1 aromatic heterocycles. The molecule has 0 fully saturated rings. The molecule has 0 aliphatic carbocycles. The summed E-state index contributed by atoms with van der Waals surface area (Å²) in [5.74, 6) is 1.88. The van der Waals surface area contributed by atoms with E-state index in [2.05, 4.69) is 53.4 Å². The van der Waals surface area contributed by atoms with Crippen LogP contribution in [-0.2, 0) is 19.3 Å². The lowest BCUT2D eigenvalue weighted by molar-refractivity contribution is 0.826. The van der Waals surface area contributed by atoms with Crippen molar-refractivity contribution >= 4 is 5.82 Å². The molecule has 100 valence electrons. The molecule has 0 radical (unpaired) electrons. The van der Waals surface area contributed by atoms with Crippen LogP contribution in [0, 0.1) is 6.92 Å². The summed E-state index contributed by atoms with van der Waals surface area (Å²) in [6.45, 7) is 4.21. The highest BCUT2D eigenvalue weighted by atomic mass is 15.0. The maximum Gasteiger partial charge on any atom is 0.132 e. The van der Waals surface area contributed by atoms with Gasteiger partial charge in [0.1, 0.15) is 11.6 Å². The standard InChI is InChI=1S/C16H21N3/c1-4-14-12(2)16(17-3)19-15(18-14)11-10-13-8-6-5-7-9-13/h5-9H,4,10-11H2,1-3H3,(H,17,18,19). The fourth-order valence-corrected chi connectivity index (χ4v) is 2.21. The molecule has 1 heterocycles. The van der Waals surface area contributed by atoms with E-state index in [1.807, 2.05) is 13.1 Å². The van der Waals surface area contributed by atoms with E-state index in [4.69, 9.17) is 0 Å². The Balaban J connectivity index is 2.16. The first-order valence-corrected chi connectivity index (χ1v) is 6.82. The second-order valence-corrected chi connectivity index (χ2v) is 4.65. The molecule has 2 rings (SSSR count). The van der Waals surface area contributed by atoms with E-state index >= 15 is 0 Å². The fraction of sp³-hybridized carbons (Fsp3) is 0.375. The predicted octanol–water partition coefficient (Wildman–Crippen LogP) is 3.17. The van der Waals surface area contributed by atoms with E-state index in [1.165, 1.54) is 5.56 Å². The zero-order valence-corrected chi connectivity index (χ0v) is 11.9. The summed E-state index contributed by atoms with van der Waals surface area (Å²) < 4.78 is 0. The van der Waals surface area contributed by atoms with Gasteiger partial charge in [-0.2, -0.15) is 0 Å². The molecule has 1 aromatic carbocycles. The number of nitrogens with zero attached hydrogens (tertiary/aromatic N) is 2. The summed E-state index contributed by atoms with van der Waals surface area (Å²) in [4.78, 5) is 9.26. The van der Waals surface area contributed by atoms with E-state index in [-0.39, 0.29) is 0 Å². The number of rotatable bonds is 5. The van der Waals surface area contributed by atoms with Crippen molar-refractivity contribution in [2.75, 3.05) is 12.4 Å². The van der Waals surface area contributed by atoms with Crippen LogP contribution in [0.4, 0.5) is 5.82 Å². The van der Waals surface area contributed by atoms with Gasteiger partial charge in [-0.05, 0) is 25.3 Å². The molecular weight excluding hydrogens is 234 g/mol. The van der Waals surface area contributed by atoms with Gasteiger partial charge in [0.15, 0.2) is 0 Å². The third-order valence-electron chi connectivity index (χ3n) is 3.34. The monoisotopic (exact) mass is 255 g/mol. The van der Waals surface area contributed by atoms with Gasteiger partial charge < -0.3 is 5.32 Å². The Morgan fingerprint density at radius 2 is 1.79 bits per heavy atom. The van der Waals surface area contributed by atoms with Gasteiger partial charge in [-0.3, -0.25) is 0 Å². The Morgan fingerprint density at radius 3 is 2.42 bits per heavy atom. The van der Waals surface area contributed by atoms with E-state index in [0.717, 1.165) is 42.2 Å². The third kappa shape index (κ3) is 3.31. The normalized spacial score (nSPS) is 10.5. The molecule has 0 amide bonds. The van der Waals surface area contributed by atoms with Gasteiger partial charge in [-0.1, -0.05) is 37.3 Å². The lowest BCUT2D eigenvalue weighted by Gasteiger charge is -2.11. The molecule has 3 nitrogen and oxygen atoms in total. The third-order valence-corrected chi connectivity index (χ3v) is 3.34. The Bertz CT molecular complexity index is 510. The Kier molecular flexibility index (Phi) is 4.50. The molecular formula is C16H21N3. The largest absolute Gasteiger partial charge is 0.373 e. The Hall–Kier alpha value is -1.90. The first-order valence-electron chi connectivity index (χ1n) is 6.82. The van der Waals surface area contributed by atoms with Gasteiger partial charge >= 0.3 is 0 Å². The van der Waals surface area contributed by atoms with E-state index in [1.54, 1.807) is 0 Å². The van der Waals surface area contributed by atoms with Crippen LogP contribution < -0.4 is 5.32 Å². The molecule has 19 heavy (non-hydrogen) atoms. The van der Waals surface area contributed by atoms with Crippen molar-refractivity contribution in [1.82, 2.24) is 9.97 Å². The van der Waals surface area contributed by atoms with Gasteiger partial charge in [0.2, 0.25) is 0 Å². The molecule has 0 bridgehead atoms. The number of hydrogen-bond acceptors (Lipinski definition) is 3. The van der Waals surface area contributed by atoms with Crippen LogP contribution in [0.25, 0.3) is 0 Å². The Morgan fingerprint density at radius 1 is 1.05 bits per heavy atom. The maximum atomic E-state index is 4.66. The van der Waals surface area contributed by atoms with Crippen molar-refractivity contribution in [3.8, 4) is 0 Å². The van der Waals surface area contributed by atoms with Crippen molar-refractivity contribution in [2.24, 2.45) is 0 Å². The SMILES string of the molecule is CCc1nc(CCc2ccccc2)nc(NC)c1C. The minimum Gasteiger partial charge on any atom is -0.373 e. The number of nitrogens with one attached hydrogen (secondary N) is 1. The average Bonchev–Trinajstić information content (AvgIpc) is 2.47. The van der Waals surface area contributed by atoms with Gasteiger partial charge in [-0.15, -0.1) is 0 Å². The summed E-state index contributed by atoms with van der Waals surface area (Å²) in [6, 6.07) is 10.5. The van der Waals surface area contributed by atoms with Crippen molar-refractivity contribution < 1.29 is 0 Å². The molecule has 3 heteroatoms. The first-order chi connectivity index (χ1) is 9.24. The smallest absolute Gasteiger partial charge is 0.132 e.